The zero-order valence-electron chi connectivity index (χ0n) is 17.7. The summed E-state index contributed by atoms with van der Waals surface area (Å²) in [6, 6.07) is 4.59. The van der Waals surface area contributed by atoms with Gasteiger partial charge in [-0.2, -0.15) is 0 Å². The highest BCUT2D eigenvalue weighted by Gasteiger charge is 2.50. The van der Waals surface area contributed by atoms with Gasteiger partial charge < -0.3 is 38.3 Å². The van der Waals surface area contributed by atoms with Gasteiger partial charge in [-0.1, -0.05) is 6.07 Å². The van der Waals surface area contributed by atoms with E-state index in [0.717, 1.165) is 5.56 Å². The first-order valence-electron chi connectivity index (χ1n) is 9.92. The molecule has 0 saturated heterocycles. The van der Waals surface area contributed by atoms with Crippen molar-refractivity contribution in [3.05, 3.63) is 45.7 Å². The smallest absolute Gasteiger partial charge is 0.343 e. The van der Waals surface area contributed by atoms with E-state index in [1.165, 1.54) is 21.3 Å². The number of carbonyl (C=O) groups excluding carboxylic acids is 1. The summed E-state index contributed by atoms with van der Waals surface area (Å²) in [5, 5.41) is 13.7. The summed E-state index contributed by atoms with van der Waals surface area (Å²) >= 11 is 0. The molecule has 0 radical (unpaired) electrons. The van der Waals surface area contributed by atoms with Crippen LogP contribution in [0.15, 0.2) is 18.2 Å². The SMILES string of the molecule is COc1ccc2c(c1OC)C(=O)O[C@H]2[C@H]1c2c(cc3c(c2OC)OCO3)CC[N@@+]1(C)[O-]. The second-order valence-electron chi connectivity index (χ2n) is 7.90. The fraction of sp³-hybridized carbons (Fsp3) is 0.409. The molecule has 0 amide bonds. The average molecular weight is 429 g/mol. The zero-order chi connectivity index (χ0) is 21.9. The Morgan fingerprint density at radius 2 is 1.87 bits per heavy atom. The molecule has 164 valence electrons. The van der Waals surface area contributed by atoms with Crippen LogP contribution in [-0.2, 0) is 11.2 Å². The molecule has 2 aromatic carbocycles. The Hall–Kier alpha value is -3.17. The summed E-state index contributed by atoms with van der Waals surface area (Å²) in [6.45, 7) is 0.401. The van der Waals surface area contributed by atoms with Crippen molar-refractivity contribution in [1.29, 1.82) is 0 Å². The molecule has 0 unspecified atom stereocenters. The number of quaternary nitrogens is 1. The van der Waals surface area contributed by atoms with E-state index < -0.39 is 22.8 Å². The Labute approximate surface area is 179 Å². The van der Waals surface area contributed by atoms with Crippen molar-refractivity contribution in [3.63, 3.8) is 0 Å². The number of hydrogen-bond acceptors (Lipinski definition) is 8. The number of benzene rings is 2. The van der Waals surface area contributed by atoms with Gasteiger partial charge in [0.25, 0.3) is 0 Å². The molecule has 0 saturated carbocycles. The van der Waals surface area contributed by atoms with Crippen molar-refractivity contribution in [2.45, 2.75) is 18.6 Å². The maximum absolute atomic E-state index is 13.7. The van der Waals surface area contributed by atoms with Crippen molar-refractivity contribution in [2.24, 2.45) is 0 Å². The van der Waals surface area contributed by atoms with Gasteiger partial charge in [0.1, 0.15) is 5.56 Å². The molecular weight excluding hydrogens is 406 g/mol. The highest BCUT2D eigenvalue weighted by atomic mass is 16.7. The first kappa shape index (κ1) is 19.8. The quantitative estimate of drug-likeness (QED) is 0.416. The number of cyclic esters (lactones) is 1. The fourth-order valence-corrected chi connectivity index (χ4v) is 4.87. The van der Waals surface area contributed by atoms with Crippen LogP contribution in [-0.4, -0.2) is 52.3 Å². The molecule has 5 rings (SSSR count). The van der Waals surface area contributed by atoms with Crippen LogP contribution in [0.1, 0.15) is 39.2 Å². The molecule has 31 heavy (non-hydrogen) atoms. The molecule has 9 heteroatoms. The van der Waals surface area contributed by atoms with Crippen LogP contribution in [0.4, 0.5) is 0 Å². The first-order valence-corrected chi connectivity index (χ1v) is 9.92. The van der Waals surface area contributed by atoms with Crippen LogP contribution < -0.4 is 23.7 Å². The Morgan fingerprint density at radius 1 is 1.10 bits per heavy atom. The Balaban J connectivity index is 1.72. The minimum Gasteiger partial charge on any atom is -0.632 e. The van der Waals surface area contributed by atoms with Crippen molar-refractivity contribution in [3.8, 4) is 28.7 Å². The summed E-state index contributed by atoms with van der Waals surface area (Å²) in [5.74, 6) is 1.66. The molecule has 3 aliphatic rings. The average Bonchev–Trinajstić information content (AvgIpc) is 3.35. The molecule has 2 aromatic rings. The summed E-state index contributed by atoms with van der Waals surface area (Å²) in [4.78, 5) is 12.9. The molecule has 0 spiro atoms. The standard InChI is InChI=1S/C22H23NO8/c1-23(25)8-7-11-9-14-20(30-10-29-14)21(28-4)15(11)17(23)18-12-5-6-13(26-2)19(27-3)16(12)22(24)31-18/h5-6,9,17-18H,7-8,10H2,1-4H3/t17-,18-,23-/m1/s1. The maximum Gasteiger partial charge on any atom is 0.343 e. The predicted molar refractivity (Wildman–Crippen MR) is 108 cm³/mol. The molecule has 0 aromatic heterocycles. The van der Waals surface area contributed by atoms with Crippen molar-refractivity contribution < 1.29 is 37.9 Å². The molecule has 3 atom stereocenters. The number of hydroxylamine groups is 3. The summed E-state index contributed by atoms with van der Waals surface area (Å²) < 4.78 is 32.8. The lowest BCUT2D eigenvalue weighted by Gasteiger charge is -2.50. The molecular formula is C22H23NO8. The normalized spacial score (nSPS) is 25.5. The lowest BCUT2D eigenvalue weighted by Crippen LogP contribution is -2.48. The monoisotopic (exact) mass is 429 g/mol. The van der Waals surface area contributed by atoms with Gasteiger partial charge in [0.2, 0.25) is 12.5 Å². The van der Waals surface area contributed by atoms with E-state index in [0.29, 0.717) is 52.8 Å². The van der Waals surface area contributed by atoms with E-state index in [1.807, 2.05) is 6.07 Å². The number of fused-ring (bicyclic) bond motifs is 3. The van der Waals surface area contributed by atoms with Gasteiger partial charge in [-0.25, -0.2) is 4.79 Å². The van der Waals surface area contributed by atoms with E-state index in [9.17, 15) is 10.0 Å². The van der Waals surface area contributed by atoms with E-state index in [-0.39, 0.29) is 12.4 Å². The van der Waals surface area contributed by atoms with Crippen LogP contribution >= 0.6 is 0 Å². The molecule has 0 aliphatic carbocycles. The Morgan fingerprint density at radius 3 is 2.58 bits per heavy atom. The number of esters is 1. The number of rotatable bonds is 4. The van der Waals surface area contributed by atoms with Gasteiger partial charge in [-0.15, -0.1) is 0 Å². The number of methoxy groups -OCH3 is 3. The van der Waals surface area contributed by atoms with Crippen LogP contribution in [0.25, 0.3) is 0 Å². The van der Waals surface area contributed by atoms with E-state index in [2.05, 4.69) is 0 Å². The predicted octanol–water partition coefficient (Wildman–Crippen LogP) is 2.89. The third-order valence-corrected chi connectivity index (χ3v) is 6.27. The van der Waals surface area contributed by atoms with Gasteiger partial charge in [-0.3, -0.25) is 0 Å². The van der Waals surface area contributed by atoms with E-state index in [4.69, 9.17) is 28.4 Å². The molecule has 0 fully saturated rings. The van der Waals surface area contributed by atoms with Crippen LogP contribution in [0, 0.1) is 5.21 Å². The van der Waals surface area contributed by atoms with Crippen LogP contribution in [0.2, 0.25) is 0 Å². The van der Waals surface area contributed by atoms with Gasteiger partial charge in [-0.05, 0) is 17.7 Å². The Bertz CT molecular complexity index is 1080. The van der Waals surface area contributed by atoms with Crippen LogP contribution in [0.3, 0.4) is 0 Å². The third kappa shape index (κ3) is 2.73. The van der Waals surface area contributed by atoms with Gasteiger partial charge in [0.05, 0.1) is 40.5 Å². The third-order valence-electron chi connectivity index (χ3n) is 6.27. The lowest BCUT2D eigenvalue weighted by molar-refractivity contribution is -0.899. The summed E-state index contributed by atoms with van der Waals surface area (Å²) in [6.07, 6.45) is -0.281. The van der Waals surface area contributed by atoms with E-state index in [1.54, 1.807) is 19.2 Å². The lowest BCUT2D eigenvalue weighted by atomic mass is 9.85. The number of carbonyl (C=O) groups is 1. The summed E-state index contributed by atoms with van der Waals surface area (Å²) in [5.41, 5.74) is 2.46. The second kappa shape index (κ2) is 6.93. The minimum atomic E-state index is -0.821. The highest BCUT2D eigenvalue weighted by Crippen LogP contribution is 2.56. The van der Waals surface area contributed by atoms with Crippen molar-refractivity contribution >= 4 is 5.97 Å². The second-order valence-corrected chi connectivity index (χ2v) is 7.90. The van der Waals surface area contributed by atoms with Gasteiger partial charge in [0, 0.05) is 12.0 Å². The molecule has 3 heterocycles. The summed E-state index contributed by atoms with van der Waals surface area (Å²) in [7, 11) is 6.08. The minimum absolute atomic E-state index is 0.0843. The van der Waals surface area contributed by atoms with Crippen molar-refractivity contribution in [2.75, 3.05) is 41.7 Å². The van der Waals surface area contributed by atoms with Gasteiger partial charge in [0.15, 0.2) is 35.1 Å². The van der Waals surface area contributed by atoms with Gasteiger partial charge >= 0.3 is 5.97 Å². The highest BCUT2D eigenvalue weighted by molar-refractivity contribution is 5.98. The number of ether oxygens (including phenoxy) is 6. The number of nitrogens with zero attached hydrogens (tertiary/aromatic N) is 1. The number of hydrogen-bond donors (Lipinski definition) is 0. The van der Waals surface area contributed by atoms with Crippen LogP contribution in [0.5, 0.6) is 28.7 Å². The topological polar surface area (TPSA) is 95.5 Å². The zero-order valence-corrected chi connectivity index (χ0v) is 17.7. The number of likely N-dealkylation sites (N-methyl/N-ethyl adjacent to an activating group) is 1. The molecule has 3 aliphatic heterocycles. The van der Waals surface area contributed by atoms with Crippen molar-refractivity contribution in [1.82, 2.24) is 0 Å². The maximum atomic E-state index is 13.7. The molecule has 9 nitrogen and oxygen atoms in total. The Kier molecular flexibility index (Phi) is 4.42. The van der Waals surface area contributed by atoms with E-state index >= 15 is 0 Å². The largest absolute Gasteiger partial charge is 0.632 e. The molecule has 0 N–H and O–H groups in total. The fourth-order valence-electron chi connectivity index (χ4n) is 4.87. The molecule has 0 bridgehead atoms. The first-order chi connectivity index (χ1) is 14.9.